The van der Waals surface area contributed by atoms with E-state index in [-0.39, 0.29) is 5.82 Å². The highest BCUT2D eigenvalue weighted by molar-refractivity contribution is 5.56. The van der Waals surface area contributed by atoms with Gasteiger partial charge in [0, 0.05) is 30.4 Å². The molecule has 1 N–H and O–H groups in total. The number of rotatable bonds is 6. The minimum absolute atomic E-state index is 0.0803. The topological polar surface area (TPSA) is 15.3 Å². The van der Waals surface area contributed by atoms with E-state index in [9.17, 15) is 4.39 Å². The Morgan fingerprint density at radius 1 is 1.28 bits per heavy atom. The SMILES string of the molecule is CNCc1c(F)cccc1N(CC1CC1)C1CC1. The van der Waals surface area contributed by atoms with E-state index in [0.717, 1.165) is 23.7 Å². The van der Waals surface area contributed by atoms with Gasteiger partial charge in [0.2, 0.25) is 0 Å². The molecule has 98 valence electrons. The summed E-state index contributed by atoms with van der Waals surface area (Å²) in [5.41, 5.74) is 1.94. The molecular weight excluding hydrogens is 227 g/mol. The Kier molecular flexibility index (Phi) is 3.25. The molecule has 1 aromatic rings. The molecule has 3 rings (SSSR count). The van der Waals surface area contributed by atoms with Gasteiger partial charge in [-0.25, -0.2) is 4.39 Å². The average Bonchev–Trinajstić information content (AvgIpc) is 3.23. The minimum atomic E-state index is -0.0803. The van der Waals surface area contributed by atoms with Crippen LogP contribution < -0.4 is 10.2 Å². The first-order valence-corrected chi connectivity index (χ1v) is 6.98. The molecule has 0 spiro atoms. The van der Waals surface area contributed by atoms with Crippen LogP contribution in [0.25, 0.3) is 0 Å². The van der Waals surface area contributed by atoms with Gasteiger partial charge in [-0.2, -0.15) is 0 Å². The average molecular weight is 248 g/mol. The Hall–Kier alpha value is -1.09. The number of hydrogen-bond donors (Lipinski definition) is 1. The van der Waals surface area contributed by atoms with Crippen LogP contribution in [0.2, 0.25) is 0 Å². The highest BCUT2D eigenvalue weighted by atomic mass is 19.1. The van der Waals surface area contributed by atoms with Crippen molar-refractivity contribution in [2.24, 2.45) is 5.92 Å². The third-order valence-electron chi connectivity index (χ3n) is 3.90. The summed E-state index contributed by atoms with van der Waals surface area (Å²) < 4.78 is 14.0. The lowest BCUT2D eigenvalue weighted by Crippen LogP contribution is -2.30. The fraction of sp³-hybridized carbons (Fsp3) is 0.600. The molecule has 2 aliphatic rings. The molecule has 2 saturated carbocycles. The number of benzene rings is 1. The molecule has 0 atom stereocenters. The standard InChI is InChI=1S/C15H21FN2/c1-17-9-13-14(16)3-2-4-15(13)18(12-7-8-12)10-11-5-6-11/h2-4,11-12,17H,5-10H2,1H3. The van der Waals surface area contributed by atoms with Gasteiger partial charge >= 0.3 is 0 Å². The second-order valence-corrected chi connectivity index (χ2v) is 5.59. The first-order chi connectivity index (χ1) is 8.79. The molecule has 0 amide bonds. The van der Waals surface area contributed by atoms with E-state index < -0.39 is 0 Å². The molecule has 3 heteroatoms. The summed E-state index contributed by atoms with van der Waals surface area (Å²) in [5, 5.41) is 3.08. The Morgan fingerprint density at radius 2 is 2.06 bits per heavy atom. The summed E-state index contributed by atoms with van der Waals surface area (Å²) in [4.78, 5) is 2.45. The Balaban J connectivity index is 1.88. The van der Waals surface area contributed by atoms with Gasteiger partial charge in [0.05, 0.1) is 0 Å². The van der Waals surface area contributed by atoms with Crippen LogP contribution in [0.3, 0.4) is 0 Å². The van der Waals surface area contributed by atoms with Crippen molar-refractivity contribution in [2.75, 3.05) is 18.5 Å². The smallest absolute Gasteiger partial charge is 0.129 e. The van der Waals surface area contributed by atoms with E-state index >= 15 is 0 Å². The van der Waals surface area contributed by atoms with Crippen LogP contribution in [0.5, 0.6) is 0 Å². The molecular formula is C15H21FN2. The van der Waals surface area contributed by atoms with Crippen LogP contribution in [0.1, 0.15) is 31.2 Å². The quantitative estimate of drug-likeness (QED) is 0.832. The lowest BCUT2D eigenvalue weighted by Gasteiger charge is -2.27. The molecule has 0 saturated heterocycles. The number of hydrogen-bond acceptors (Lipinski definition) is 2. The molecule has 2 fully saturated rings. The van der Waals surface area contributed by atoms with Gasteiger partial charge < -0.3 is 10.2 Å². The lowest BCUT2D eigenvalue weighted by molar-refractivity contribution is 0.596. The Morgan fingerprint density at radius 3 is 2.67 bits per heavy atom. The first kappa shape index (κ1) is 12.0. The zero-order valence-electron chi connectivity index (χ0n) is 11.0. The number of anilines is 1. The molecule has 0 radical (unpaired) electrons. The Bertz CT molecular complexity index is 425. The third kappa shape index (κ3) is 2.51. The molecule has 1 aromatic carbocycles. The molecule has 0 bridgehead atoms. The Labute approximate surface area is 108 Å². The molecule has 2 aliphatic carbocycles. The maximum Gasteiger partial charge on any atom is 0.129 e. The molecule has 2 nitrogen and oxygen atoms in total. The van der Waals surface area contributed by atoms with Crippen molar-refractivity contribution >= 4 is 5.69 Å². The summed E-state index contributed by atoms with van der Waals surface area (Å²) in [6, 6.07) is 6.14. The van der Waals surface area contributed by atoms with Crippen molar-refractivity contribution in [1.82, 2.24) is 5.32 Å². The van der Waals surface area contributed by atoms with Crippen molar-refractivity contribution in [1.29, 1.82) is 0 Å². The maximum atomic E-state index is 14.0. The van der Waals surface area contributed by atoms with Crippen LogP contribution in [0, 0.1) is 11.7 Å². The minimum Gasteiger partial charge on any atom is -0.368 e. The van der Waals surface area contributed by atoms with Gasteiger partial charge in [0.1, 0.15) is 5.82 Å². The zero-order chi connectivity index (χ0) is 12.5. The summed E-state index contributed by atoms with van der Waals surface area (Å²) in [7, 11) is 1.87. The fourth-order valence-corrected chi connectivity index (χ4v) is 2.58. The van der Waals surface area contributed by atoms with Gasteiger partial charge in [-0.15, -0.1) is 0 Å². The normalized spacial score (nSPS) is 19.0. The summed E-state index contributed by atoms with van der Waals surface area (Å²) >= 11 is 0. The van der Waals surface area contributed by atoms with E-state index in [1.54, 1.807) is 6.07 Å². The number of nitrogens with one attached hydrogen (secondary N) is 1. The van der Waals surface area contributed by atoms with E-state index in [1.165, 1.54) is 25.7 Å². The van der Waals surface area contributed by atoms with Crippen LogP contribution >= 0.6 is 0 Å². The maximum absolute atomic E-state index is 14.0. The van der Waals surface area contributed by atoms with Crippen LogP contribution in [-0.2, 0) is 6.54 Å². The highest BCUT2D eigenvalue weighted by Gasteiger charge is 2.34. The fourth-order valence-electron chi connectivity index (χ4n) is 2.58. The van der Waals surface area contributed by atoms with Gasteiger partial charge in [-0.1, -0.05) is 6.07 Å². The predicted molar refractivity (Wildman–Crippen MR) is 72.3 cm³/mol. The van der Waals surface area contributed by atoms with Crippen molar-refractivity contribution in [3.8, 4) is 0 Å². The van der Waals surface area contributed by atoms with Crippen molar-refractivity contribution in [3.63, 3.8) is 0 Å². The molecule has 0 heterocycles. The van der Waals surface area contributed by atoms with Gasteiger partial charge in [0.25, 0.3) is 0 Å². The second kappa shape index (κ2) is 4.88. The van der Waals surface area contributed by atoms with Crippen molar-refractivity contribution in [3.05, 3.63) is 29.6 Å². The van der Waals surface area contributed by atoms with Crippen LogP contribution in [-0.4, -0.2) is 19.6 Å². The van der Waals surface area contributed by atoms with E-state index in [4.69, 9.17) is 0 Å². The third-order valence-corrected chi connectivity index (χ3v) is 3.90. The number of nitrogens with zero attached hydrogens (tertiary/aromatic N) is 1. The predicted octanol–water partition coefficient (Wildman–Crippen LogP) is 2.92. The molecule has 0 aliphatic heterocycles. The van der Waals surface area contributed by atoms with Gasteiger partial charge in [-0.3, -0.25) is 0 Å². The largest absolute Gasteiger partial charge is 0.368 e. The molecule has 0 aromatic heterocycles. The van der Waals surface area contributed by atoms with E-state index in [1.807, 2.05) is 13.1 Å². The van der Waals surface area contributed by atoms with Gasteiger partial charge in [0.15, 0.2) is 0 Å². The first-order valence-electron chi connectivity index (χ1n) is 6.98. The summed E-state index contributed by atoms with van der Waals surface area (Å²) in [6.45, 7) is 1.72. The second-order valence-electron chi connectivity index (χ2n) is 5.59. The lowest BCUT2D eigenvalue weighted by atomic mass is 10.1. The monoisotopic (exact) mass is 248 g/mol. The zero-order valence-corrected chi connectivity index (χ0v) is 11.0. The van der Waals surface area contributed by atoms with E-state index in [0.29, 0.717) is 12.6 Å². The molecule has 0 unspecified atom stereocenters. The van der Waals surface area contributed by atoms with Crippen LogP contribution in [0.15, 0.2) is 18.2 Å². The van der Waals surface area contributed by atoms with Crippen molar-refractivity contribution in [2.45, 2.75) is 38.3 Å². The van der Waals surface area contributed by atoms with Gasteiger partial charge in [-0.05, 0) is 50.8 Å². The summed E-state index contributed by atoms with van der Waals surface area (Å²) in [5.74, 6) is 0.764. The number of halogens is 1. The van der Waals surface area contributed by atoms with Crippen molar-refractivity contribution < 1.29 is 4.39 Å². The molecule has 18 heavy (non-hydrogen) atoms. The summed E-state index contributed by atoms with van der Waals surface area (Å²) in [6.07, 6.45) is 5.23. The highest BCUT2D eigenvalue weighted by Crippen LogP contribution is 2.39. The van der Waals surface area contributed by atoms with E-state index in [2.05, 4.69) is 16.3 Å². The van der Waals surface area contributed by atoms with Crippen LogP contribution in [0.4, 0.5) is 10.1 Å².